The number of benzene rings is 2. The van der Waals surface area contributed by atoms with Gasteiger partial charge in [-0.2, -0.15) is 0 Å². The van der Waals surface area contributed by atoms with Crippen molar-refractivity contribution in [3.05, 3.63) is 64.9 Å². The Labute approximate surface area is 165 Å². The number of carbonyl (C=O) groups excluding carboxylic acids is 1. The van der Waals surface area contributed by atoms with E-state index in [2.05, 4.69) is 9.97 Å². The van der Waals surface area contributed by atoms with Gasteiger partial charge in [0.2, 0.25) is 0 Å². The molecule has 1 N–H and O–H groups in total. The van der Waals surface area contributed by atoms with Crippen LogP contribution in [0.1, 0.15) is 35.1 Å². The van der Waals surface area contributed by atoms with Gasteiger partial charge in [-0.3, -0.25) is 4.79 Å². The van der Waals surface area contributed by atoms with E-state index in [0.717, 1.165) is 29.8 Å². The fourth-order valence-electron chi connectivity index (χ4n) is 3.83. The molecule has 0 atom stereocenters. The van der Waals surface area contributed by atoms with Gasteiger partial charge in [0.05, 0.1) is 5.02 Å². The highest BCUT2D eigenvalue weighted by Gasteiger charge is 2.29. The molecular weight excluding hydrogens is 381 g/mol. The normalized spacial score (nSPS) is 15.6. The van der Waals surface area contributed by atoms with Crippen molar-refractivity contribution >= 4 is 39.5 Å². The number of carbonyl (C=O) groups is 1. The number of hydrogen-bond donors (Lipinski definition) is 1. The van der Waals surface area contributed by atoms with Crippen molar-refractivity contribution in [1.29, 1.82) is 0 Å². The fourth-order valence-corrected chi connectivity index (χ4v) is 4.12. The predicted octanol–water partition coefficient (Wildman–Crippen LogP) is 5.12. The van der Waals surface area contributed by atoms with Crippen molar-refractivity contribution in [1.82, 2.24) is 14.9 Å². The Balaban J connectivity index is 1.34. The van der Waals surface area contributed by atoms with Crippen LogP contribution in [0.15, 0.2) is 46.9 Å². The number of nitrogens with one attached hydrogen (secondary N) is 1. The maximum Gasteiger partial charge on any atom is 0.271 e. The maximum absolute atomic E-state index is 13.5. The van der Waals surface area contributed by atoms with Gasteiger partial charge in [0.1, 0.15) is 17.0 Å². The van der Waals surface area contributed by atoms with Gasteiger partial charge in [0, 0.05) is 29.9 Å². The molecule has 1 aliphatic rings. The van der Waals surface area contributed by atoms with Crippen molar-refractivity contribution in [3.63, 3.8) is 0 Å². The molecule has 28 heavy (non-hydrogen) atoms. The Morgan fingerprint density at radius 3 is 2.79 bits per heavy atom. The number of hydrogen-bond acceptors (Lipinski definition) is 3. The standard InChI is InChI=1S/C21H17ClFN3O2/c22-18-14-11-13(23)5-6-15(14)24-19(18)21(27)26-9-7-12(8-10-26)20-25-16-3-1-2-4-17(16)28-20/h1-6,11-12,24H,7-10H2. The summed E-state index contributed by atoms with van der Waals surface area (Å²) in [7, 11) is 0. The molecule has 1 saturated heterocycles. The molecule has 5 rings (SSSR count). The highest BCUT2D eigenvalue weighted by Crippen LogP contribution is 2.33. The van der Waals surface area contributed by atoms with Crippen LogP contribution in [0.5, 0.6) is 0 Å². The second-order valence-electron chi connectivity index (χ2n) is 7.09. The van der Waals surface area contributed by atoms with Crippen LogP contribution >= 0.6 is 11.6 Å². The Morgan fingerprint density at radius 1 is 1.21 bits per heavy atom. The van der Waals surface area contributed by atoms with Crippen molar-refractivity contribution in [2.75, 3.05) is 13.1 Å². The highest BCUT2D eigenvalue weighted by molar-refractivity contribution is 6.38. The number of H-pyrrole nitrogens is 1. The summed E-state index contributed by atoms with van der Waals surface area (Å²) >= 11 is 6.34. The van der Waals surface area contributed by atoms with E-state index < -0.39 is 0 Å². The first kappa shape index (κ1) is 17.3. The number of halogens is 2. The van der Waals surface area contributed by atoms with E-state index in [1.165, 1.54) is 12.1 Å². The number of nitrogens with zero attached hydrogens (tertiary/aromatic N) is 2. The lowest BCUT2D eigenvalue weighted by Gasteiger charge is -2.30. The van der Waals surface area contributed by atoms with Gasteiger partial charge in [-0.05, 0) is 43.2 Å². The Morgan fingerprint density at radius 2 is 2.00 bits per heavy atom. The van der Waals surface area contributed by atoms with Crippen molar-refractivity contribution in [2.24, 2.45) is 0 Å². The first-order chi connectivity index (χ1) is 13.6. The molecule has 7 heteroatoms. The summed E-state index contributed by atoms with van der Waals surface area (Å²) in [5.74, 6) is 0.361. The molecule has 2 aromatic carbocycles. The van der Waals surface area contributed by atoms with Gasteiger partial charge >= 0.3 is 0 Å². The quantitative estimate of drug-likeness (QED) is 0.510. The van der Waals surface area contributed by atoms with E-state index >= 15 is 0 Å². The van der Waals surface area contributed by atoms with Crippen molar-refractivity contribution in [3.8, 4) is 0 Å². The summed E-state index contributed by atoms with van der Waals surface area (Å²) in [5.41, 5.74) is 2.60. The first-order valence-corrected chi connectivity index (χ1v) is 9.59. The number of rotatable bonds is 2. The van der Waals surface area contributed by atoms with Gasteiger partial charge in [-0.25, -0.2) is 9.37 Å². The molecule has 142 valence electrons. The minimum absolute atomic E-state index is 0.169. The Bertz CT molecular complexity index is 1160. The maximum atomic E-state index is 13.5. The van der Waals surface area contributed by atoms with Crippen LogP contribution in [-0.2, 0) is 0 Å². The van der Waals surface area contributed by atoms with Crippen LogP contribution in [0, 0.1) is 5.82 Å². The first-order valence-electron chi connectivity index (χ1n) is 9.21. The zero-order chi connectivity index (χ0) is 19.3. The minimum Gasteiger partial charge on any atom is -0.440 e. The minimum atomic E-state index is -0.383. The Hall–Kier alpha value is -2.86. The van der Waals surface area contributed by atoms with Crippen LogP contribution in [0.3, 0.4) is 0 Å². The third kappa shape index (κ3) is 2.85. The monoisotopic (exact) mass is 397 g/mol. The smallest absolute Gasteiger partial charge is 0.271 e. The topological polar surface area (TPSA) is 62.1 Å². The van der Waals surface area contributed by atoms with E-state index in [4.69, 9.17) is 16.0 Å². The summed E-state index contributed by atoms with van der Waals surface area (Å²) in [6.07, 6.45) is 1.54. The number of oxazole rings is 1. The largest absolute Gasteiger partial charge is 0.440 e. The van der Waals surface area contributed by atoms with Crippen molar-refractivity contribution < 1.29 is 13.6 Å². The second kappa shape index (κ2) is 6.63. The molecule has 0 radical (unpaired) electrons. The van der Waals surface area contributed by atoms with Crippen LogP contribution in [-0.4, -0.2) is 33.9 Å². The summed E-state index contributed by atoms with van der Waals surface area (Å²) in [6.45, 7) is 1.17. The molecule has 3 heterocycles. The predicted molar refractivity (Wildman–Crippen MR) is 105 cm³/mol. The lowest BCUT2D eigenvalue weighted by Crippen LogP contribution is -2.38. The van der Waals surface area contributed by atoms with E-state index in [9.17, 15) is 9.18 Å². The molecule has 1 aliphatic heterocycles. The van der Waals surface area contributed by atoms with Crippen LogP contribution in [0.2, 0.25) is 5.02 Å². The van der Waals surface area contributed by atoms with Gasteiger partial charge in [0.25, 0.3) is 5.91 Å². The second-order valence-corrected chi connectivity index (χ2v) is 7.47. The van der Waals surface area contributed by atoms with Crippen LogP contribution < -0.4 is 0 Å². The van der Waals surface area contributed by atoms with Gasteiger partial charge in [0.15, 0.2) is 11.5 Å². The van der Waals surface area contributed by atoms with E-state index in [-0.39, 0.29) is 22.7 Å². The molecule has 1 amide bonds. The summed E-state index contributed by atoms with van der Waals surface area (Å²) in [4.78, 5) is 22.3. The molecule has 5 nitrogen and oxygen atoms in total. The Kier molecular flexibility index (Phi) is 4.09. The summed E-state index contributed by atoms with van der Waals surface area (Å²) in [5, 5.41) is 0.784. The van der Waals surface area contributed by atoms with E-state index in [1.807, 2.05) is 24.3 Å². The van der Waals surface area contributed by atoms with Crippen LogP contribution in [0.25, 0.3) is 22.0 Å². The zero-order valence-corrected chi connectivity index (χ0v) is 15.7. The molecule has 0 bridgehead atoms. The summed E-state index contributed by atoms with van der Waals surface area (Å²) < 4.78 is 19.4. The average Bonchev–Trinajstić information content (AvgIpc) is 3.29. The SMILES string of the molecule is O=C(c1[nH]c2ccc(F)cc2c1Cl)N1CCC(c2nc3ccccc3o2)CC1. The fraction of sp³-hybridized carbons (Fsp3) is 0.238. The van der Waals surface area contributed by atoms with Gasteiger partial charge < -0.3 is 14.3 Å². The third-order valence-electron chi connectivity index (χ3n) is 5.35. The number of para-hydroxylation sites is 2. The zero-order valence-electron chi connectivity index (χ0n) is 14.9. The molecule has 0 spiro atoms. The van der Waals surface area contributed by atoms with Crippen molar-refractivity contribution in [2.45, 2.75) is 18.8 Å². The molecule has 4 aromatic rings. The molecule has 2 aromatic heterocycles. The van der Waals surface area contributed by atoms with E-state index in [0.29, 0.717) is 29.7 Å². The number of aromatic amines is 1. The average molecular weight is 398 g/mol. The van der Waals surface area contributed by atoms with Gasteiger partial charge in [-0.1, -0.05) is 23.7 Å². The van der Waals surface area contributed by atoms with Gasteiger partial charge in [-0.15, -0.1) is 0 Å². The molecular formula is C21H17ClFN3O2. The lowest BCUT2D eigenvalue weighted by molar-refractivity contribution is 0.0702. The molecule has 1 fully saturated rings. The number of piperidine rings is 1. The third-order valence-corrected chi connectivity index (χ3v) is 5.75. The molecule has 0 aliphatic carbocycles. The highest BCUT2D eigenvalue weighted by atomic mass is 35.5. The summed E-state index contributed by atoms with van der Waals surface area (Å²) in [6, 6.07) is 12.0. The number of fused-ring (bicyclic) bond motifs is 2. The number of amides is 1. The molecule has 0 unspecified atom stereocenters. The van der Waals surface area contributed by atoms with Crippen LogP contribution in [0.4, 0.5) is 4.39 Å². The van der Waals surface area contributed by atoms with E-state index in [1.54, 1.807) is 11.0 Å². The number of aromatic nitrogens is 2. The number of likely N-dealkylation sites (tertiary alicyclic amines) is 1. The molecule has 0 saturated carbocycles. The lowest BCUT2D eigenvalue weighted by atomic mass is 9.96.